The fourth-order valence-electron chi connectivity index (χ4n) is 2.61. The van der Waals surface area contributed by atoms with Gasteiger partial charge in [0.2, 0.25) is 5.95 Å². The molecule has 7 nitrogen and oxygen atoms in total. The van der Waals surface area contributed by atoms with Crippen LogP contribution in [-0.2, 0) is 7.05 Å². The predicted octanol–water partition coefficient (Wildman–Crippen LogP) is 3.70. The molecule has 4 aromatic rings. The first-order valence-corrected chi connectivity index (χ1v) is 7.86. The molecule has 3 N–H and O–H groups in total. The summed E-state index contributed by atoms with van der Waals surface area (Å²) < 4.78 is 15.9. The summed E-state index contributed by atoms with van der Waals surface area (Å²) in [5.41, 5.74) is 2.26. The van der Waals surface area contributed by atoms with E-state index in [1.165, 1.54) is 6.07 Å². The van der Waals surface area contributed by atoms with Crippen molar-refractivity contribution in [2.45, 2.75) is 0 Å². The summed E-state index contributed by atoms with van der Waals surface area (Å²) in [6, 6.07) is 12.1. The third-order valence-corrected chi connectivity index (χ3v) is 3.86. The molecule has 26 heavy (non-hydrogen) atoms. The molecule has 0 aliphatic rings. The predicted molar refractivity (Wildman–Crippen MR) is 97.4 cm³/mol. The number of phenols is 1. The van der Waals surface area contributed by atoms with Crippen molar-refractivity contribution in [3.05, 3.63) is 60.7 Å². The molecule has 0 radical (unpaired) electrons. The number of aromatic hydroxyl groups is 1. The Morgan fingerprint density at radius 2 is 1.88 bits per heavy atom. The van der Waals surface area contributed by atoms with Crippen LogP contribution in [0.5, 0.6) is 5.75 Å². The van der Waals surface area contributed by atoms with Crippen LogP contribution in [0.25, 0.3) is 10.9 Å². The van der Waals surface area contributed by atoms with E-state index in [1.54, 1.807) is 29.1 Å². The maximum Gasteiger partial charge on any atom is 0.229 e. The first-order valence-electron chi connectivity index (χ1n) is 7.86. The van der Waals surface area contributed by atoms with Crippen LogP contribution < -0.4 is 10.6 Å². The molecule has 4 rings (SSSR count). The lowest BCUT2D eigenvalue weighted by Gasteiger charge is -2.10. The highest BCUT2D eigenvalue weighted by Crippen LogP contribution is 2.24. The highest BCUT2D eigenvalue weighted by molar-refractivity contribution is 5.83. The van der Waals surface area contributed by atoms with E-state index < -0.39 is 5.82 Å². The molecule has 130 valence electrons. The molecule has 0 aliphatic carbocycles. The summed E-state index contributed by atoms with van der Waals surface area (Å²) >= 11 is 0. The van der Waals surface area contributed by atoms with Crippen LogP contribution in [0.4, 0.5) is 27.5 Å². The Morgan fingerprint density at radius 1 is 1.04 bits per heavy atom. The topological polar surface area (TPSA) is 87.9 Å². The summed E-state index contributed by atoms with van der Waals surface area (Å²) in [7, 11) is 1.86. The zero-order valence-corrected chi connectivity index (χ0v) is 13.8. The number of halogens is 1. The number of phenolic OH excluding ortho intramolecular Hbond substituents is 1. The van der Waals surface area contributed by atoms with Crippen LogP contribution in [0.2, 0.25) is 0 Å². The van der Waals surface area contributed by atoms with Crippen LogP contribution in [0.1, 0.15) is 0 Å². The van der Waals surface area contributed by atoms with E-state index in [0.29, 0.717) is 11.4 Å². The van der Waals surface area contributed by atoms with Crippen LogP contribution >= 0.6 is 0 Å². The second-order valence-corrected chi connectivity index (χ2v) is 5.73. The molecule has 0 saturated heterocycles. The number of rotatable bonds is 4. The summed E-state index contributed by atoms with van der Waals surface area (Å²) in [5.74, 6) is -0.203. The summed E-state index contributed by atoms with van der Waals surface area (Å²) in [4.78, 5) is 8.09. The molecular formula is C18H15FN6O. The van der Waals surface area contributed by atoms with Gasteiger partial charge in [-0.2, -0.15) is 10.1 Å². The van der Waals surface area contributed by atoms with E-state index in [4.69, 9.17) is 0 Å². The number of aryl methyl sites for hydroxylation is 1. The van der Waals surface area contributed by atoms with Crippen molar-refractivity contribution in [2.24, 2.45) is 7.05 Å². The zero-order valence-electron chi connectivity index (χ0n) is 13.8. The van der Waals surface area contributed by atoms with Crippen LogP contribution in [0.15, 0.2) is 54.9 Å². The first-order chi connectivity index (χ1) is 12.6. The average Bonchev–Trinajstić information content (AvgIpc) is 2.98. The van der Waals surface area contributed by atoms with Gasteiger partial charge >= 0.3 is 0 Å². The number of anilines is 4. The highest BCUT2D eigenvalue weighted by Gasteiger charge is 2.09. The molecule has 0 amide bonds. The van der Waals surface area contributed by atoms with Crippen molar-refractivity contribution in [2.75, 3.05) is 10.6 Å². The molecule has 2 heterocycles. The monoisotopic (exact) mass is 350 g/mol. The minimum Gasteiger partial charge on any atom is -0.508 e. The Hall–Kier alpha value is -3.68. The Bertz CT molecular complexity index is 1090. The lowest BCUT2D eigenvalue weighted by Crippen LogP contribution is -2.03. The van der Waals surface area contributed by atoms with E-state index in [-0.39, 0.29) is 17.5 Å². The fourth-order valence-corrected chi connectivity index (χ4v) is 2.61. The molecule has 0 bridgehead atoms. The smallest absolute Gasteiger partial charge is 0.229 e. The van der Waals surface area contributed by atoms with E-state index in [0.717, 1.165) is 17.1 Å². The van der Waals surface area contributed by atoms with E-state index in [9.17, 15) is 9.50 Å². The van der Waals surface area contributed by atoms with Gasteiger partial charge in [-0.25, -0.2) is 9.37 Å². The van der Waals surface area contributed by atoms with Gasteiger partial charge in [0.1, 0.15) is 5.75 Å². The second kappa shape index (κ2) is 6.32. The Morgan fingerprint density at radius 3 is 2.73 bits per heavy atom. The first kappa shape index (κ1) is 15.8. The van der Waals surface area contributed by atoms with Crippen molar-refractivity contribution in [1.82, 2.24) is 19.7 Å². The summed E-state index contributed by atoms with van der Waals surface area (Å²) in [6.45, 7) is 0. The molecule has 0 saturated carbocycles. The van der Waals surface area contributed by atoms with Crippen molar-refractivity contribution in [3.8, 4) is 5.75 Å². The molecule has 0 aliphatic heterocycles. The van der Waals surface area contributed by atoms with Crippen molar-refractivity contribution in [3.63, 3.8) is 0 Å². The lowest BCUT2D eigenvalue weighted by molar-refractivity contribution is 0.475. The number of nitrogens with one attached hydrogen (secondary N) is 2. The van der Waals surface area contributed by atoms with Gasteiger partial charge in [-0.3, -0.25) is 4.68 Å². The molecule has 0 atom stereocenters. The van der Waals surface area contributed by atoms with Gasteiger partial charge in [-0.15, -0.1) is 0 Å². The van der Waals surface area contributed by atoms with Crippen molar-refractivity contribution < 1.29 is 9.50 Å². The van der Waals surface area contributed by atoms with Gasteiger partial charge in [0.25, 0.3) is 0 Å². The maximum atomic E-state index is 14.1. The lowest BCUT2D eigenvalue weighted by atomic mass is 10.2. The maximum absolute atomic E-state index is 14.1. The Labute approximate surface area is 148 Å². The molecule has 0 spiro atoms. The number of aromatic nitrogens is 4. The van der Waals surface area contributed by atoms with Gasteiger partial charge in [0.15, 0.2) is 11.6 Å². The molecular weight excluding hydrogens is 335 g/mol. The third-order valence-electron chi connectivity index (χ3n) is 3.86. The molecule has 8 heteroatoms. The van der Waals surface area contributed by atoms with E-state index in [2.05, 4.69) is 25.7 Å². The van der Waals surface area contributed by atoms with E-state index in [1.807, 2.05) is 25.2 Å². The fraction of sp³-hybridized carbons (Fsp3) is 0.0556. The zero-order chi connectivity index (χ0) is 18.1. The second-order valence-electron chi connectivity index (χ2n) is 5.73. The Kier molecular flexibility index (Phi) is 3.85. The molecule has 0 fully saturated rings. The number of nitrogens with zero attached hydrogens (tertiary/aromatic N) is 4. The molecule has 2 aromatic carbocycles. The number of fused-ring (bicyclic) bond motifs is 1. The van der Waals surface area contributed by atoms with Gasteiger partial charge in [0, 0.05) is 29.9 Å². The largest absolute Gasteiger partial charge is 0.508 e. The third kappa shape index (κ3) is 3.12. The van der Waals surface area contributed by atoms with Crippen LogP contribution in [0.3, 0.4) is 0 Å². The summed E-state index contributed by atoms with van der Waals surface area (Å²) in [6.07, 6.45) is 2.83. The average molecular weight is 350 g/mol. The summed E-state index contributed by atoms with van der Waals surface area (Å²) in [5, 5.41) is 20.5. The molecule has 2 aromatic heterocycles. The van der Waals surface area contributed by atoms with Crippen molar-refractivity contribution in [1.29, 1.82) is 0 Å². The molecule has 0 unspecified atom stereocenters. The standard InChI is InChI=1S/C18H15FN6O/c1-25-16-6-5-13(7-11(16)9-21-25)22-17-15(19)10-20-18(24-17)23-12-3-2-4-14(26)8-12/h2-10,26H,1H3,(H2,20,22,23,24). The van der Waals surface area contributed by atoms with Gasteiger partial charge in [-0.1, -0.05) is 6.07 Å². The highest BCUT2D eigenvalue weighted by atomic mass is 19.1. The van der Waals surface area contributed by atoms with Crippen LogP contribution in [0, 0.1) is 5.82 Å². The minimum atomic E-state index is -0.572. The number of hydrogen-bond acceptors (Lipinski definition) is 6. The Balaban J connectivity index is 1.60. The van der Waals surface area contributed by atoms with Gasteiger partial charge in [0.05, 0.1) is 17.9 Å². The van der Waals surface area contributed by atoms with Crippen LogP contribution in [-0.4, -0.2) is 24.9 Å². The van der Waals surface area contributed by atoms with Gasteiger partial charge in [-0.05, 0) is 30.3 Å². The quantitative estimate of drug-likeness (QED) is 0.520. The van der Waals surface area contributed by atoms with Gasteiger partial charge < -0.3 is 15.7 Å². The normalized spacial score (nSPS) is 10.8. The van der Waals surface area contributed by atoms with Crippen molar-refractivity contribution >= 4 is 34.0 Å². The number of hydrogen-bond donors (Lipinski definition) is 3. The van der Waals surface area contributed by atoms with E-state index >= 15 is 0 Å². The number of benzene rings is 2. The SMILES string of the molecule is Cn1ncc2cc(Nc3nc(Nc4cccc(O)c4)ncc3F)ccc21. The minimum absolute atomic E-state index is 0.0471.